The molecule has 0 bridgehead atoms. The van der Waals surface area contributed by atoms with E-state index in [0.29, 0.717) is 11.7 Å². The summed E-state index contributed by atoms with van der Waals surface area (Å²) in [6.45, 7) is 0. The third kappa shape index (κ3) is 2.04. The highest BCUT2D eigenvalue weighted by Gasteiger charge is 2.26. The van der Waals surface area contributed by atoms with E-state index in [2.05, 4.69) is 15.9 Å². The molecule has 16 heavy (non-hydrogen) atoms. The highest BCUT2D eigenvalue weighted by atomic mass is 79.9. The fraction of sp³-hybridized carbons (Fsp3) is 0.455. The van der Waals surface area contributed by atoms with Crippen molar-refractivity contribution in [2.75, 3.05) is 11.9 Å². The SMILES string of the molecule is CN(c1ccc(Br)cc1[N+](=O)[O-])C1CCC1. The Bertz CT molecular complexity index is 418. The maximum Gasteiger partial charge on any atom is 0.293 e. The molecule has 0 aromatic heterocycles. The van der Waals surface area contributed by atoms with Crippen LogP contribution in [0.25, 0.3) is 0 Å². The molecule has 1 aliphatic carbocycles. The summed E-state index contributed by atoms with van der Waals surface area (Å²) < 4.78 is 0.741. The van der Waals surface area contributed by atoms with Crippen LogP contribution in [0.1, 0.15) is 19.3 Å². The lowest BCUT2D eigenvalue weighted by Gasteiger charge is -2.36. The Balaban J connectivity index is 2.34. The second kappa shape index (κ2) is 4.41. The molecule has 1 aromatic carbocycles. The quantitative estimate of drug-likeness (QED) is 0.632. The first-order chi connectivity index (χ1) is 7.59. The van der Waals surface area contributed by atoms with Crippen LogP contribution in [0.3, 0.4) is 0 Å². The number of nitro groups is 1. The van der Waals surface area contributed by atoms with Gasteiger partial charge >= 0.3 is 0 Å². The number of anilines is 1. The van der Waals surface area contributed by atoms with Crippen molar-refractivity contribution in [2.45, 2.75) is 25.3 Å². The van der Waals surface area contributed by atoms with E-state index in [1.165, 1.54) is 6.42 Å². The van der Waals surface area contributed by atoms with Gasteiger partial charge in [0.05, 0.1) is 4.92 Å². The highest BCUT2D eigenvalue weighted by Crippen LogP contribution is 2.35. The first-order valence-corrected chi connectivity index (χ1v) is 6.05. The zero-order valence-electron chi connectivity index (χ0n) is 9.02. The molecule has 0 aliphatic heterocycles. The molecule has 2 rings (SSSR count). The standard InChI is InChI=1S/C11H13BrN2O2/c1-13(9-3-2-4-9)10-6-5-8(12)7-11(10)14(15)16/h5-7,9H,2-4H2,1H3. The lowest BCUT2D eigenvalue weighted by Crippen LogP contribution is -2.37. The minimum Gasteiger partial charge on any atom is -0.366 e. The smallest absolute Gasteiger partial charge is 0.293 e. The molecular weight excluding hydrogens is 272 g/mol. The van der Waals surface area contributed by atoms with E-state index < -0.39 is 0 Å². The molecule has 4 nitrogen and oxygen atoms in total. The van der Waals surface area contributed by atoms with E-state index in [-0.39, 0.29) is 10.6 Å². The van der Waals surface area contributed by atoms with Crippen LogP contribution in [0.4, 0.5) is 11.4 Å². The Hall–Kier alpha value is -1.10. The second-order valence-electron chi connectivity index (χ2n) is 4.09. The van der Waals surface area contributed by atoms with Crippen LogP contribution < -0.4 is 4.90 Å². The lowest BCUT2D eigenvalue weighted by atomic mass is 9.91. The first-order valence-electron chi connectivity index (χ1n) is 5.26. The maximum absolute atomic E-state index is 11.0. The Morgan fingerprint density at radius 1 is 1.50 bits per heavy atom. The molecule has 86 valence electrons. The van der Waals surface area contributed by atoms with Crippen LogP contribution in [0.2, 0.25) is 0 Å². The van der Waals surface area contributed by atoms with Gasteiger partial charge in [-0.15, -0.1) is 0 Å². The van der Waals surface area contributed by atoms with Gasteiger partial charge in [-0.25, -0.2) is 0 Å². The summed E-state index contributed by atoms with van der Waals surface area (Å²) >= 11 is 3.26. The summed E-state index contributed by atoms with van der Waals surface area (Å²) in [5, 5.41) is 11.0. The van der Waals surface area contributed by atoms with E-state index in [4.69, 9.17) is 0 Å². The van der Waals surface area contributed by atoms with Crippen molar-refractivity contribution in [1.29, 1.82) is 0 Å². The monoisotopic (exact) mass is 284 g/mol. The van der Waals surface area contributed by atoms with Crippen molar-refractivity contribution in [3.8, 4) is 0 Å². The normalized spacial score (nSPS) is 15.6. The Kier molecular flexibility index (Phi) is 3.14. The average Bonchev–Trinajstić information content (AvgIpc) is 2.14. The van der Waals surface area contributed by atoms with Crippen LogP contribution in [-0.4, -0.2) is 18.0 Å². The third-order valence-electron chi connectivity index (χ3n) is 3.14. The molecule has 0 saturated heterocycles. The Morgan fingerprint density at radius 2 is 2.19 bits per heavy atom. The molecule has 0 unspecified atom stereocenters. The van der Waals surface area contributed by atoms with E-state index in [1.54, 1.807) is 12.1 Å². The fourth-order valence-electron chi connectivity index (χ4n) is 1.91. The number of rotatable bonds is 3. The van der Waals surface area contributed by atoms with Crippen molar-refractivity contribution in [2.24, 2.45) is 0 Å². The largest absolute Gasteiger partial charge is 0.366 e. The van der Waals surface area contributed by atoms with Gasteiger partial charge in [0.15, 0.2) is 0 Å². The van der Waals surface area contributed by atoms with Gasteiger partial charge in [0.1, 0.15) is 5.69 Å². The second-order valence-corrected chi connectivity index (χ2v) is 5.00. The van der Waals surface area contributed by atoms with E-state index >= 15 is 0 Å². The predicted molar refractivity (Wildman–Crippen MR) is 66.8 cm³/mol. The van der Waals surface area contributed by atoms with Crippen molar-refractivity contribution in [3.63, 3.8) is 0 Å². The van der Waals surface area contributed by atoms with Gasteiger partial charge in [-0.1, -0.05) is 15.9 Å². The van der Waals surface area contributed by atoms with Crippen molar-refractivity contribution < 1.29 is 4.92 Å². The molecule has 1 aliphatic rings. The molecule has 5 heteroatoms. The highest BCUT2D eigenvalue weighted by molar-refractivity contribution is 9.10. The minimum atomic E-state index is -0.324. The summed E-state index contributed by atoms with van der Waals surface area (Å²) in [5.41, 5.74) is 0.877. The third-order valence-corrected chi connectivity index (χ3v) is 3.63. The van der Waals surface area contributed by atoms with E-state index in [0.717, 1.165) is 17.3 Å². The summed E-state index contributed by atoms with van der Waals surface area (Å²) in [7, 11) is 1.93. The number of nitro benzene ring substituents is 1. The summed E-state index contributed by atoms with van der Waals surface area (Å²) in [6.07, 6.45) is 3.48. The lowest BCUT2D eigenvalue weighted by molar-refractivity contribution is -0.384. The first kappa shape index (κ1) is 11.4. The number of halogens is 1. The summed E-state index contributed by atoms with van der Waals surface area (Å²) in [6, 6.07) is 5.67. The van der Waals surface area contributed by atoms with Gasteiger partial charge in [0.25, 0.3) is 5.69 Å². The van der Waals surface area contributed by atoms with Crippen LogP contribution in [0.5, 0.6) is 0 Å². The van der Waals surface area contributed by atoms with Gasteiger partial charge in [-0.3, -0.25) is 10.1 Å². The molecular formula is C11H13BrN2O2. The summed E-state index contributed by atoms with van der Waals surface area (Å²) in [4.78, 5) is 12.7. The zero-order chi connectivity index (χ0) is 11.7. The average molecular weight is 285 g/mol. The zero-order valence-corrected chi connectivity index (χ0v) is 10.6. The van der Waals surface area contributed by atoms with Gasteiger partial charge < -0.3 is 4.90 Å². The number of hydrogen-bond donors (Lipinski definition) is 0. The number of benzene rings is 1. The van der Waals surface area contributed by atoms with Crippen LogP contribution in [0.15, 0.2) is 22.7 Å². The number of hydrogen-bond acceptors (Lipinski definition) is 3. The molecule has 0 heterocycles. The maximum atomic E-state index is 11.0. The van der Waals surface area contributed by atoms with Gasteiger partial charge in [-0.05, 0) is 31.4 Å². The van der Waals surface area contributed by atoms with E-state index in [9.17, 15) is 10.1 Å². The Labute approximate surface area is 103 Å². The molecule has 1 saturated carbocycles. The molecule has 0 amide bonds. The minimum absolute atomic E-state index is 0.170. The van der Waals surface area contributed by atoms with Gasteiger partial charge in [-0.2, -0.15) is 0 Å². The van der Waals surface area contributed by atoms with Crippen molar-refractivity contribution in [3.05, 3.63) is 32.8 Å². The van der Waals surface area contributed by atoms with Crippen molar-refractivity contribution in [1.82, 2.24) is 0 Å². The summed E-state index contributed by atoms with van der Waals surface area (Å²) in [5.74, 6) is 0. The van der Waals surface area contributed by atoms with E-state index in [1.807, 2.05) is 18.0 Å². The van der Waals surface area contributed by atoms with Gasteiger partial charge in [0.2, 0.25) is 0 Å². The topological polar surface area (TPSA) is 46.4 Å². The number of nitrogens with zero attached hydrogens (tertiary/aromatic N) is 2. The van der Waals surface area contributed by atoms with Crippen LogP contribution in [-0.2, 0) is 0 Å². The molecule has 0 atom stereocenters. The molecule has 0 N–H and O–H groups in total. The fourth-order valence-corrected chi connectivity index (χ4v) is 2.26. The molecule has 1 aromatic rings. The predicted octanol–water partition coefficient (Wildman–Crippen LogP) is 3.35. The van der Waals surface area contributed by atoms with Crippen LogP contribution >= 0.6 is 15.9 Å². The van der Waals surface area contributed by atoms with Crippen LogP contribution in [0, 0.1) is 10.1 Å². The molecule has 0 radical (unpaired) electrons. The van der Waals surface area contributed by atoms with Crippen molar-refractivity contribution >= 4 is 27.3 Å². The van der Waals surface area contributed by atoms with Gasteiger partial charge in [0, 0.05) is 23.6 Å². The molecule has 0 spiro atoms. The Morgan fingerprint density at radius 3 is 2.69 bits per heavy atom. The molecule has 1 fully saturated rings.